The highest BCUT2D eigenvalue weighted by atomic mass is 79.9. The summed E-state index contributed by atoms with van der Waals surface area (Å²) in [6.45, 7) is 0.0528. The number of hydrogen-bond donors (Lipinski definition) is 1. The molecule has 1 aromatic heterocycles. The van der Waals surface area contributed by atoms with Gasteiger partial charge in [-0.25, -0.2) is 9.59 Å². The predicted molar refractivity (Wildman–Crippen MR) is 144 cm³/mol. The Labute approximate surface area is 237 Å². The van der Waals surface area contributed by atoms with Crippen molar-refractivity contribution in [3.8, 4) is 11.5 Å². The number of furan rings is 1. The van der Waals surface area contributed by atoms with E-state index in [1.807, 2.05) is 18.2 Å². The first-order chi connectivity index (χ1) is 17.7. The molecule has 0 radical (unpaired) electrons. The summed E-state index contributed by atoms with van der Waals surface area (Å²) < 4.78 is 24.1. The third-order valence-corrected chi connectivity index (χ3v) is 6.97. The number of nitrogens with zero attached hydrogens (tertiary/aromatic N) is 1. The van der Waals surface area contributed by atoms with E-state index in [1.165, 1.54) is 32.4 Å². The molecule has 0 unspecified atom stereocenters. The maximum absolute atomic E-state index is 13.1. The van der Waals surface area contributed by atoms with Gasteiger partial charge in [-0.05, 0) is 42.5 Å². The van der Waals surface area contributed by atoms with Crippen molar-refractivity contribution in [2.45, 2.75) is 13.2 Å². The normalized spacial score (nSPS) is 14.2. The summed E-state index contributed by atoms with van der Waals surface area (Å²) in [7, 11) is 2.74. The molecule has 9 nitrogen and oxygen atoms in total. The Morgan fingerprint density at radius 1 is 1.05 bits per heavy atom. The van der Waals surface area contributed by atoms with E-state index in [0.717, 1.165) is 19.4 Å². The minimum Gasteiger partial charge on any atom is -0.493 e. The topological polar surface area (TPSA) is 107 Å². The Kier molecular flexibility index (Phi) is 8.40. The lowest BCUT2D eigenvalue weighted by molar-refractivity contribution is -0.123. The largest absolute Gasteiger partial charge is 0.493 e. The third kappa shape index (κ3) is 6.08. The zero-order chi connectivity index (χ0) is 26.7. The quantitative estimate of drug-likeness (QED) is 0.174. The number of amides is 3. The van der Waals surface area contributed by atoms with Crippen LogP contribution < -0.4 is 14.8 Å². The zero-order valence-electron chi connectivity index (χ0n) is 19.5. The van der Waals surface area contributed by atoms with Crippen LogP contribution in [0.3, 0.4) is 0 Å². The molecule has 0 aliphatic carbocycles. The van der Waals surface area contributed by atoms with Gasteiger partial charge in [-0.1, -0.05) is 53.9 Å². The number of carbonyl (C=O) groups is 3. The lowest BCUT2D eigenvalue weighted by atomic mass is 10.1. The molecular formula is C25H19Br3N2O7. The molecule has 0 saturated carbocycles. The lowest BCUT2D eigenvalue weighted by Gasteiger charge is -2.15. The van der Waals surface area contributed by atoms with Crippen molar-refractivity contribution in [2.24, 2.45) is 0 Å². The molecule has 3 aromatic rings. The van der Waals surface area contributed by atoms with Crippen LogP contribution in [0.4, 0.5) is 4.79 Å². The molecule has 1 N–H and O–H groups in total. The molecule has 1 aliphatic heterocycles. The van der Waals surface area contributed by atoms with Crippen LogP contribution in [0, 0.1) is 0 Å². The molecule has 192 valence electrons. The Morgan fingerprint density at radius 3 is 2.54 bits per heavy atom. The van der Waals surface area contributed by atoms with Crippen molar-refractivity contribution >= 4 is 71.8 Å². The second kappa shape index (κ2) is 11.5. The monoisotopic (exact) mass is 696 g/mol. The average Bonchev–Trinajstić information content (AvgIpc) is 3.44. The van der Waals surface area contributed by atoms with E-state index in [-0.39, 0.29) is 30.4 Å². The standard InChI is InChI=1S/C25H19Br3N2O7/c1-34-21-10-16(27)7-14(22(21)36-12-13-3-4-15(26)9-18(13)28)8-19-23(31)30(25(33)29-19)11-17-5-6-20(37-17)24(32)35-2/h3-10H,11-12H2,1-2H3,(H,29,33)/b19-8+. The number of carbonyl (C=O) groups excluding carboxylic acids is 3. The fraction of sp³-hybridized carbons (Fsp3) is 0.160. The Morgan fingerprint density at radius 2 is 1.84 bits per heavy atom. The first-order valence-corrected chi connectivity index (χ1v) is 13.0. The van der Waals surface area contributed by atoms with Gasteiger partial charge in [0.15, 0.2) is 11.5 Å². The fourth-order valence-corrected chi connectivity index (χ4v) is 5.11. The van der Waals surface area contributed by atoms with Gasteiger partial charge in [0.1, 0.15) is 18.1 Å². The van der Waals surface area contributed by atoms with Crippen LogP contribution in [0.2, 0.25) is 0 Å². The lowest BCUT2D eigenvalue weighted by Crippen LogP contribution is -2.30. The van der Waals surface area contributed by atoms with E-state index >= 15 is 0 Å². The van der Waals surface area contributed by atoms with Crippen molar-refractivity contribution in [1.82, 2.24) is 10.2 Å². The van der Waals surface area contributed by atoms with E-state index in [9.17, 15) is 14.4 Å². The maximum Gasteiger partial charge on any atom is 0.373 e. The summed E-state index contributed by atoms with van der Waals surface area (Å²) in [4.78, 5) is 38.3. The molecule has 1 fully saturated rings. The van der Waals surface area contributed by atoms with E-state index in [0.29, 0.717) is 21.5 Å². The van der Waals surface area contributed by atoms with Gasteiger partial charge in [-0.2, -0.15) is 0 Å². The fourth-order valence-electron chi connectivity index (χ4n) is 3.49. The highest BCUT2D eigenvalue weighted by molar-refractivity contribution is 9.11. The molecule has 0 bridgehead atoms. The van der Waals surface area contributed by atoms with Gasteiger partial charge in [0, 0.05) is 24.5 Å². The molecule has 2 aromatic carbocycles. The number of rotatable bonds is 8. The number of ether oxygens (including phenoxy) is 3. The molecule has 0 atom stereocenters. The number of nitrogens with one attached hydrogen (secondary N) is 1. The summed E-state index contributed by atoms with van der Waals surface area (Å²) in [6.07, 6.45) is 1.52. The molecule has 0 spiro atoms. The Hall–Kier alpha value is -3.09. The van der Waals surface area contributed by atoms with E-state index in [4.69, 9.17) is 13.9 Å². The van der Waals surface area contributed by atoms with E-state index in [1.54, 1.807) is 12.1 Å². The van der Waals surface area contributed by atoms with Crippen molar-refractivity contribution in [3.63, 3.8) is 0 Å². The number of benzene rings is 2. The molecule has 4 rings (SSSR count). The van der Waals surface area contributed by atoms with Crippen LogP contribution in [0.1, 0.15) is 27.4 Å². The second-order valence-corrected chi connectivity index (χ2v) is 10.4. The first kappa shape index (κ1) is 27.0. The number of halogens is 3. The van der Waals surface area contributed by atoms with E-state index < -0.39 is 17.9 Å². The summed E-state index contributed by atoms with van der Waals surface area (Å²) in [5, 5.41) is 2.58. The molecule has 12 heteroatoms. The van der Waals surface area contributed by atoms with Crippen molar-refractivity contribution < 1.29 is 33.0 Å². The first-order valence-electron chi connectivity index (χ1n) is 10.7. The van der Waals surface area contributed by atoms with Gasteiger partial charge in [0.05, 0.1) is 20.8 Å². The molecule has 1 aliphatic rings. The molecule has 37 heavy (non-hydrogen) atoms. The Bertz CT molecular complexity index is 1420. The van der Waals surface area contributed by atoms with Crippen molar-refractivity contribution in [2.75, 3.05) is 14.2 Å². The van der Waals surface area contributed by atoms with Crippen LogP contribution in [0.25, 0.3) is 6.08 Å². The van der Waals surface area contributed by atoms with Crippen LogP contribution in [0.15, 0.2) is 66.0 Å². The Balaban J connectivity index is 1.60. The second-order valence-electron chi connectivity index (χ2n) is 7.69. The van der Waals surface area contributed by atoms with Crippen LogP contribution in [-0.2, 0) is 22.7 Å². The third-order valence-electron chi connectivity index (χ3n) is 5.28. The minimum atomic E-state index is -0.657. The molecule has 1 saturated heterocycles. The maximum atomic E-state index is 13.1. The molecule has 2 heterocycles. The zero-order valence-corrected chi connectivity index (χ0v) is 24.2. The average molecular weight is 699 g/mol. The number of methoxy groups -OCH3 is 2. The van der Waals surface area contributed by atoms with Crippen LogP contribution >= 0.6 is 47.8 Å². The summed E-state index contributed by atoms with van der Waals surface area (Å²) in [5.41, 5.74) is 1.45. The van der Waals surface area contributed by atoms with Gasteiger partial charge in [-0.15, -0.1) is 0 Å². The molecular weight excluding hydrogens is 680 g/mol. The van der Waals surface area contributed by atoms with Crippen molar-refractivity contribution in [3.05, 3.63) is 84.2 Å². The van der Waals surface area contributed by atoms with E-state index in [2.05, 4.69) is 57.8 Å². The number of imide groups is 1. The summed E-state index contributed by atoms with van der Waals surface area (Å²) in [6, 6.07) is 11.5. The SMILES string of the molecule is COC(=O)c1ccc(CN2C(=O)N/C(=C/c3cc(Br)cc(OC)c3OCc3ccc(Br)cc3Br)C2=O)o1. The van der Waals surface area contributed by atoms with Gasteiger partial charge in [0.25, 0.3) is 5.91 Å². The van der Waals surface area contributed by atoms with Gasteiger partial charge < -0.3 is 23.9 Å². The predicted octanol–water partition coefficient (Wildman–Crippen LogP) is 6.03. The van der Waals surface area contributed by atoms with Gasteiger partial charge in [-0.3, -0.25) is 9.69 Å². The van der Waals surface area contributed by atoms with Crippen LogP contribution in [-0.4, -0.2) is 37.0 Å². The number of hydrogen-bond acceptors (Lipinski definition) is 7. The van der Waals surface area contributed by atoms with Gasteiger partial charge in [0.2, 0.25) is 5.76 Å². The van der Waals surface area contributed by atoms with Crippen LogP contribution in [0.5, 0.6) is 11.5 Å². The molecule has 3 amide bonds. The van der Waals surface area contributed by atoms with Crippen molar-refractivity contribution in [1.29, 1.82) is 0 Å². The minimum absolute atomic E-state index is 0.0271. The number of esters is 1. The number of urea groups is 1. The summed E-state index contributed by atoms with van der Waals surface area (Å²) in [5.74, 6) is -0.174. The highest BCUT2D eigenvalue weighted by Gasteiger charge is 2.35. The highest BCUT2D eigenvalue weighted by Crippen LogP contribution is 2.37. The smallest absolute Gasteiger partial charge is 0.373 e. The summed E-state index contributed by atoms with van der Waals surface area (Å²) >= 11 is 10.4. The van der Waals surface area contributed by atoms with Gasteiger partial charge >= 0.3 is 12.0 Å².